The zero-order chi connectivity index (χ0) is 13.7. The number of nitrogens with zero attached hydrogens (tertiary/aromatic N) is 2. The molecular formula is C14H11BrN2OS. The number of carbonyl (C=O) groups is 1. The number of para-hydroxylation sites is 1. The first kappa shape index (κ1) is 13.8. The molecule has 96 valence electrons. The van der Waals surface area contributed by atoms with Gasteiger partial charge in [-0.1, -0.05) is 18.2 Å². The smallest absolute Gasteiger partial charge is 0.269 e. The zero-order valence-electron chi connectivity index (χ0n) is 10.0. The molecule has 2 aromatic rings. The SMILES string of the molecule is N#CCCN(C(=O)c1sccc1Br)c1ccccc1. The van der Waals surface area contributed by atoms with Gasteiger partial charge in [0.15, 0.2) is 0 Å². The molecule has 1 amide bonds. The van der Waals surface area contributed by atoms with Crippen LogP contribution in [0.15, 0.2) is 46.3 Å². The summed E-state index contributed by atoms with van der Waals surface area (Å²) in [6.45, 7) is 0.393. The Morgan fingerprint density at radius 2 is 2.05 bits per heavy atom. The lowest BCUT2D eigenvalue weighted by Crippen LogP contribution is -2.31. The lowest BCUT2D eigenvalue weighted by atomic mass is 10.2. The van der Waals surface area contributed by atoms with Gasteiger partial charge in [-0.2, -0.15) is 5.26 Å². The van der Waals surface area contributed by atoms with Crippen LogP contribution in [0.2, 0.25) is 0 Å². The van der Waals surface area contributed by atoms with Gasteiger partial charge >= 0.3 is 0 Å². The van der Waals surface area contributed by atoms with E-state index in [1.54, 1.807) is 4.90 Å². The van der Waals surface area contributed by atoms with Crippen molar-refractivity contribution in [2.45, 2.75) is 6.42 Å². The summed E-state index contributed by atoms with van der Waals surface area (Å²) >= 11 is 4.77. The van der Waals surface area contributed by atoms with Gasteiger partial charge in [0, 0.05) is 16.7 Å². The Bertz CT molecular complexity index is 603. The van der Waals surface area contributed by atoms with E-state index in [1.807, 2.05) is 41.8 Å². The standard InChI is InChI=1S/C14H11BrN2OS/c15-12-7-10-19-13(12)14(18)17(9-4-8-16)11-5-2-1-3-6-11/h1-3,5-7,10H,4,9H2. The van der Waals surface area contributed by atoms with Crippen LogP contribution in [0.3, 0.4) is 0 Å². The molecule has 0 unspecified atom stereocenters. The van der Waals surface area contributed by atoms with Crippen LogP contribution in [0.25, 0.3) is 0 Å². The maximum atomic E-state index is 12.5. The Labute approximate surface area is 124 Å². The normalized spacial score (nSPS) is 9.89. The molecule has 1 heterocycles. The van der Waals surface area contributed by atoms with Crippen molar-refractivity contribution in [3.05, 3.63) is 51.1 Å². The third-order valence-electron chi connectivity index (χ3n) is 2.57. The summed E-state index contributed by atoms with van der Waals surface area (Å²) in [6, 6.07) is 13.3. The quantitative estimate of drug-likeness (QED) is 0.845. The maximum absolute atomic E-state index is 12.5. The molecule has 0 saturated heterocycles. The highest BCUT2D eigenvalue weighted by molar-refractivity contribution is 9.10. The van der Waals surface area contributed by atoms with Crippen molar-refractivity contribution in [1.29, 1.82) is 5.26 Å². The number of halogens is 1. The van der Waals surface area contributed by atoms with Gasteiger partial charge in [0.25, 0.3) is 5.91 Å². The minimum Gasteiger partial charge on any atom is -0.307 e. The molecule has 5 heteroatoms. The molecule has 19 heavy (non-hydrogen) atoms. The van der Waals surface area contributed by atoms with Gasteiger partial charge in [0.1, 0.15) is 4.88 Å². The molecule has 3 nitrogen and oxygen atoms in total. The van der Waals surface area contributed by atoms with Crippen molar-refractivity contribution in [2.24, 2.45) is 0 Å². The number of thiophene rings is 1. The van der Waals surface area contributed by atoms with Gasteiger partial charge in [-0.25, -0.2) is 0 Å². The molecule has 1 aromatic heterocycles. The van der Waals surface area contributed by atoms with Crippen molar-refractivity contribution >= 4 is 38.9 Å². The minimum atomic E-state index is -0.0803. The first-order valence-corrected chi connectivity index (χ1v) is 7.38. The fraction of sp³-hybridized carbons (Fsp3) is 0.143. The van der Waals surface area contributed by atoms with E-state index in [-0.39, 0.29) is 5.91 Å². The van der Waals surface area contributed by atoms with Crippen molar-refractivity contribution in [3.8, 4) is 6.07 Å². The highest BCUT2D eigenvalue weighted by atomic mass is 79.9. The van der Waals surface area contributed by atoms with E-state index in [0.717, 1.165) is 10.2 Å². The average Bonchev–Trinajstić information content (AvgIpc) is 2.86. The molecule has 0 radical (unpaired) electrons. The number of hydrogen-bond donors (Lipinski definition) is 0. The Kier molecular flexibility index (Phi) is 4.72. The average molecular weight is 335 g/mol. The second-order valence-corrected chi connectivity index (χ2v) is 5.57. The predicted octanol–water partition coefficient (Wildman–Crippen LogP) is 4.07. The summed E-state index contributed by atoms with van der Waals surface area (Å²) in [4.78, 5) is 14.8. The Morgan fingerprint density at radius 1 is 1.32 bits per heavy atom. The topological polar surface area (TPSA) is 44.1 Å². The number of carbonyl (C=O) groups excluding carboxylic acids is 1. The second-order valence-electron chi connectivity index (χ2n) is 3.80. The van der Waals surface area contributed by atoms with E-state index < -0.39 is 0 Å². The number of benzene rings is 1. The molecule has 0 aliphatic carbocycles. The van der Waals surface area contributed by atoms with E-state index in [0.29, 0.717) is 17.8 Å². The van der Waals surface area contributed by atoms with Crippen molar-refractivity contribution in [3.63, 3.8) is 0 Å². The monoisotopic (exact) mass is 334 g/mol. The van der Waals surface area contributed by atoms with E-state index >= 15 is 0 Å². The molecule has 2 rings (SSSR count). The van der Waals surface area contributed by atoms with Crippen LogP contribution in [0.4, 0.5) is 5.69 Å². The highest BCUT2D eigenvalue weighted by Gasteiger charge is 2.20. The molecule has 1 aromatic carbocycles. The fourth-order valence-corrected chi connectivity index (χ4v) is 3.18. The van der Waals surface area contributed by atoms with Crippen LogP contribution >= 0.6 is 27.3 Å². The third kappa shape index (κ3) is 3.22. The van der Waals surface area contributed by atoms with E-state index in [1.165, 1.54) is 11.3 Å². The molecular weight excluding hydrogens is 324 g/mol. The second kappa shape index (κ2) is 6.50. The Morgan fingerprint density at radius 3 is 2.63 bits per heavy atom. The number of hydrogen-bond acceptors (Lipinski definition) is 3. The molecule has 0 bridgehead atoms. The molecule has 0 fully saturated rings. The summed E-state index contributed by atoms with van der Waals surface area (Å²) < 4.78 is 0.792. The van der Waals surface area contributed by atoms with Gasteiger partial charge in [0.05, 0.1) is 12.5 Å². The fourth-order valence-electron chi connectivity index (χ4n) is 1.69. The Balaban J connectivity index is 2.31. The van der Waals surface area contributed by atoms with Crippen molar-refractivity contribution in [2.75, 3.05) is 11.4 Å². The molecule has 0 spiro atoms. The lowest BCUT2D eigenvalue weighted by molar-refractivity contribution is 0.0990. The summed E-state index contributed by atoms with van der Waals surface area (Å²) in [5, 5.41) is 10.6. The Hall–Kier alpha value is -1.64. The molecule has 0 aliphatic heterocycles. The van der Waals surface area contributed by atoms with Crippen LogP contribution in [-0.4, -0.2) is 12.5 Å². The van der Waals surface area contributed by atoms with Gasteiger partial charge in [-0.05, 0) is 39.5 Å². The van der Waals surface area contributed by atoms with Gasteiger partial charge in [-0.3, -0.25) is 4.79 Å². The first-order valence-electron chi connectivity index (χ1n) is 5.71. The van der Waals surface area contributed by atoms with Crippen LogP contribution in [-0.2, 0) is 0 Å². The first-order chi connectivity index (χ1) is 9.24. The van der Waals surface area contributed by atoms with Crippen molar-refractivity contribution < 1.29 is 4.79 Å². The predicted molar refractivity (Wildman–Crippen MR) is 80.4 cm³/mol. The number of rotatable bonds is 4. The lowest BCUT2D eigenvalue weighted by Gasteiger charge is -2.21. The molecule has 0 N–H and O–H groups in total. The minimum absolute atomic E-state index is 0.0803. The number of anilines is 1. The van der Waals surface area contributed by atoms with E-state index in [4.69, 9.17) is 5.26 Å². The molecule has 0 saturated carbocycles. The van der Waals surface area contributed by atoms with Crippen LogP contribution in [0.1, 0.15) is 16.1 Å². The summed E-state index contributed by atoms with van der Waals surface area (Å²) in [7, 11) is 0. The van der Waals surface area contributed by atoms with Crippen LogP contribution in [0, 0.1) is 11.3 Å². The number of nitriles is 1. The maximum Gasteiger partial charge on any atom is 0.269 e. The summed E-state index contributed by atoms with van der Waals surface area (Å²) in [5.74, 6) is -0.0803. The highest BCUT2D eigenvalue weighted by Crippen LogP contribution is 2.26. The zero-order valence-corrected chi connectivity index (χ0v) is 12.4. The van der Waals surface area contributed by atoms with Crippen LogP contribution in [0.5, 0.6) is 0 Å². The molecule has 0 atom stereocenters. The summed E-state index contributed by atoms with van der Waals surface area (Å²) in [6.07, 6.45) is 0.309. The van der Waals surface area contributed by atoms with Crippen LogP contribution < -0.4 is 4.90 Å². The van der Waals surface area contributed by atoms with Gasteiger partial charge < -0.3 is 4.90 Å². The van der Waals surface area contributed by atoms with Crippen molar-refractivity contribution in [1.82, 2.24) is 0 Å². The third-order valence-corrected chi connectivity index (χ3v) is 4.40. The van der Waals surface area contributed by atoms with Gasteiger partial charge in [-0.15, -0.1) is 11.3 Å². The summed E-state index contributed by atoms with van der Waals surface area (Å²) in [5.41, 5.74) is 0.808. The largest absolute Gasteiger partial charge is 0.307 e. The van der Waals surface area contributed by atoms with E-state index in [9.17, 15) is 4.79 Å². The molecule has 0 aliphatic rings. The van der Waals surface area contributed by atoms with E-state index in [2.05, 4.69) is 22.0 Å². The van der Waals surface area contributed by atoms with Gasteiger partial charge in [0.2, 0.25) is 0 Å². The number of amides is 1.